The number of hydrogen-bond donors (Lipinski definition) is 0. The molecule has 4 heterocycles. The Balaban J connectivity index is 1.40. The van der Waals surface area contributed by atoms with Gasteiger partial charge in [0, 0.05) is 31.7 Å². The Kier molecular flexibility index (Phi) is 4.40. The molecule has 0 fully saturated rings. The predicted octanol–water partition coefficient (Wildman–Crippen LogP) is 2.64. The van der Waals surface area contributed by atoms with Crippen LogP contribution >= 0.6 is 0 Å². The van der Waals surface area contributed by atoms with Crippen LogP contribution in [0.25, 0.3) is 0 Å². The maximum atomic E-state index is 5.92. The molecule has 24 heavy (non-hydrogen) atoms. The molecule has 1 aliphatic rings. The van der Waals surface area contributed by atoms with Crippen molar-refractivity contribution in [3.8, 4) is 0 Å². The third kappa shape index (κ3) is 3.39. The van der Waals surface area contributed by atoms with E-state index in [1.54, 1.807) is 12.5 Å². The summed E-state index contributed by atoms with van der Waals surface area (Å²) in [5.74, 6) is 0.984. The Labute approximate surface area is 140 Å². The van der Waals surface area contributed by atoms with Gasteiger partial charge in [0.05, 0.1) is 37.8 Å². The quantitative estimate of drug-likeness (QED) is 0.698. The van der Waals surface area contributed by atoms with Crippen molar-refractivity contribution in [3.05, 3.63) is 72.2 Å². The van der Waals surface area contributed by atoms with Crippen LogP contribution in [0.3, 0.4) is 0 Å². The van der Waals surface area contributed by atoms with E-state index in [9.17, 15) is 0 Å². The molecule has 1 atom stereocenters. The van der Waals surface area contributed by atoms with Gasteiger partial charge >= 0.3 is 0 Å². The lowest BCUT2D eigenvalue weighted by atomic mass is 10.2. The maximum absolute atomic E-state index is 5.92. The highest BCUT2D eigenvalue weighted by Gasteiger charge is 2.26. The molecule has 0 aliphatic carbocycles. The minimum absolute atomic E-state index is 0.204. The van der Waals surface area contributed by atoms with E-state index in [1.165, 1.54) is 5.69 Å². The first kappa shape index (κ1) is 15.1. The van der Waals surface area contributed by atoms with Crippen LogP contribution in [0.2, 0.25) is 0 Å². The van der Waals surface area contributed by atoms with Gasteiger partial charge in [-0.05, 0) is 29.8 Å². The highest BCUT2D eigenvalue weighted by Crippen LogP contribution is 2.22. The lowest BCUT2D eigenvalue weighted by Gasteiger charge is -2.33. The summed E-state index contributed by atoms with van der Waals surface area (Å²) in [6, 6.07) is 10.2. The van der Waals surface area contributed by atoms with Gasteiger partial charge in [-0.3, -0.25) is 14.6 Å². The zero-order valence-electron chi connectivity index (χ0n) is 13.4. The zero-order valence-corrected chi connectivity index (χ0v) is 13.4. The summed E-state index contributed by atoms with van der Waals surface area (Å²) in [5, 5.41) is 4.47. The first-order valence-corrected chi connectivity index (χ1v) is 8.12. The molecular weight excluding hydrogens is 304 g/mol. The molecular formula is C18H20N4O2. The van der Waals surface area contributed by atoms with E-state index in [1.807, 2.05) is 36.7 Å². The molecule has 6 nitrogen and oxygen atoms in total. The minimum Gasteiger partial charge on any atom is -0.468 e. The molecule has 3 aromatic heterocycles. The zero-order chi connectivity index (χ0) is 16.2. The van der Waals surface area contributed by atoms with Gasteiger partial charge in [0.1, 0.15) is 5.76 Å². The molecule has 0 saturated carbocycles. The lowest BCUT2D eigenvalue weighted by molar-refractivity contribution is 0.0515. The first-order valence-electron chi connectivity index (χ1n) is 8.12. The summed E-state index contributed by atoms with van der Waals surface area (Å²) in [6.07, 6.45) is 7.19. The summed E-state index contributed by atoms with van der Waals surface area (Å²) in [5.41, 5.74) is 2.30. The van der Waals surface area contributed by atoms with Gasteiger partial charge in [-0.25, -0.2) is 0 Å². The van der Waals surface area contributed by atoms with Crippen molar-refractivity contribution in [1.29, 1.82) is 0 Å². The van der Waals surface area contributed by atoms with Crippen LogP contribution in [0, 0.1) is 0 Å². The third-order valence-corrected chi connectivity index (χ3v) is 4.21. The summed E-state index contributed by atoms with van der Waals surface area (Å²) in [4.78, 5) is 6.48. The van der Waals surface area contributed by atoms with E-state index in [4.69, 9.17) is 9.15 Å². The number of furan rings is 1. The number of fused-ring (bicyclic) bond motifs is 1. The molecule has 0 spiro atoms. The van der Waals surface area contributed by atoms with E-state index in [0.717, 1.165) is 31.0 Å². The second kappa shape index (κ2) is 6.98. The van der Waals surface area contributed by atoms with Crippen LogP contribution < -0.4 is 0 Å². The molecule has 1 aliphatic heterocycles. The van der Waals surface area contributed by atoms with Crippen LogP contribution in [-0.2, 0) is 24.4 Å². The van der Waals surface area contributed by atoms with Gasteiger partial charge in [0.15, 0.2) is 0 Å². The molecule has 0 amide bonds. The molecule has 6 heteroatoms. The van der Waals surface area contributed by atoms with Crippen molar-refractivity contribution in [1.82, 2.24) is 19.7 Å². The molecule has 0 radical (unpaired) electrons. The number of aromatic nitrogens is 3. The fourth-order valence-electron chi connectivity index (χ4n) is 3.13. The molecule has 0 bridgehead atoms. The topological polar surface area (TPSA) is 56.3 Å². The third-order valence-electron chi connectivity index (χ3n) is 4.21. The number of hydrogen-bond acceptors (Lipinski definition) is 5. The van der Waals surface area contributed by atoms with E-state index < -0.39 is 0 Å². The second-order valence-corrected chi connectivity index (χ2v) is 6.05. The van der Waals surface area contributed by atoms with Gasteiger partial charge in [-0.1, -0.05) is 6.07 Å². The van der Waals surface area contributed by atoms with E-state index in [0.29, 0.717) is 13.2 Å². The summed E-state index contributed by atoms with van der Waals surface area (Å²) in [6.45, 7) is 3.76. The first-order chi connectivity index (χ1) is 11.9. The maximum Gasteiger partial charge on any atom is 0.117 e. The Morgan fingerprint density at radius 2 is 2.21 bits per heavy atom. The van der Waals surface area contributed by atoms with Gasteiger partial charge in [-0.2, -0.15) is 5.10 Å². The molecule has 0 N–H and O–H groups in total. The molecule has 4 rings (SSSR count). The summed E-state index contributed by atoms with van der Waals surface area (Å²) in [7, 11) is 0. The van der Waals surface area contributed by atoms with E-state index in [-0.39, 0.29) is 6.04 Å². The Hall–Kier alpha value is -2.44. The largest absolute Gasteiger partial charge is 0.468 e. The van der Waals surface area contributed by atoms with Gasteiger partial charge in [-0.15, -0.1) is 0 Å². The van der Waals surface area contributed by atoms with E-state index in [2.05, 4.69) is 25.7 Å². The fraction of sp³-hybridized carbons (Fsp3) is 0.333. The van der Waals surface area contributed by atoms with Crippen LogP contribution in [0.15, 0.2) is 59.6 Å². The lowest BCUT2D eigenvalue weighted by Crippen LogP contribution is -2.39. The predicted molar refractivity (Wildman–Crippen MR) is 88.0 cm³/mol. The molecule has 124 valence electrons. The van der Waals surface area contributed by atoms with Crippen molar-refractivity contribution < 1.29 is 9.15 Å². The fourth-order valence-corrected chi connectivity index (χ4v) is 3.13. The monoisotopic (exact) mass is 324 g/mol. The summed E-state index contributed by atoms with van der Waals surface area (Å²) >= 11 is 0. The average Bonchev–Trinajstić information content (AvgIpc) is 3.27. The number of ether oxygens (including phenoxy) is 1. The minimum atomic E-state index is 0.204. The highest BCUT2D eigenvalue weighted by molar-refractivity contribution is 5.08. The van der Waals surface area contributed by atoms with Gasteiger partial charge in [0.25, 0.3) is 0 Å². The van der Waals surface area contributed by atoms with Gasteiger partial charge < -0.3 is 9.15 Å². The SMILES string of the molecule is c1cncc(COCC2CN(Cc3ccco3)Cc3ccnn32)c1. The van der Waals surface area contributed by atoms with Gasteiger partial charge in [0.2, 0.25) is 0 Å². The highest BCUT2D eigenvalue weighted by atomic mass is 16.5. The van der Waals surface area contributed by atoms with Crippen molar-refractivity contribution in [2.75, 3.05) is 13.2 Å². The van der Waals surface area contributed by atoms with Crippen molar-refractivity contribution in [2.45, 2.75) is 25.7 Å². The second-order valence-electron chi connectivity index (χ2n) is 6.05. The standard InChI is InChI=1S/C18H20N4O2/c1-3-15(9-19-6-1)13-23-14-17-11-21(12-18-4-2-8-24-18)10-16-5-7-20-22(16)17/h1-9,17H,10-14H2. The molecule has 3 aromatic rings. The Bertz CT molecular complexity index is 754. The molecule has 1 unspecified atom stereocenters. The Morgan fingerprint density at radius 3 is 3.04 bits per heavy atom. The molecule has 0 aromatic carbocycles. The normalized spacial score (nSPS) is 17.8. The summed E-state index contributed by atoms with van der Waals surface area (Å²) < 4.78 is 13.5. The van der Waals surface area contributed by atoms with E-state index >= 15 is 0 Å². The smallest absolute Gasteiger partial charge is 0.117 e. The van der Waals surface area contributed by atoms with Crippen molar-refractivity contribution in [3.63, 3.8) is 0 Å². The average molecular weight is 324 g/mol. The molecule has 0 saturated heterocycles. The number of rotatable bonds is 6. The number of nitrogens with zero attached hydrogens (tertiary/aromatic N) is 4. The van der Waals surface area contributed by atoms with Crippen molar-refractivity contribution in [2.24, 2.45) is 0 Å². The van der Waals surface area contributed by atoms with Crippen molar-refractivity contribution >= 4 is 0 Å². The van der Waals surface area contributed by atoms with Crippen LogP contribution in [-0.4, -0.2) is 32.8 Å². The Morgan fingerprint density at radius 1 is 1.21 bits per heavy atom. The number of pyridine rings is 1. The van der Waals surface area contributed by atoms with Crippen LogP contribution in [0.4, 0.5) is 0 Å². The van der Waals surface area contributed by atoms with Crippen LogP contribution in [0.5, 0.6) is 0 Å². The van der Waals surface area contributed by atoms with Crippen LogP contribution in [0.1, 0.15) is 23.1 Å².